The second-order valence-corrected chi connectivity index (χ2v) is 24.4. The molecule has 0 bridgehead atoms. The minimum absolute atomic E-state index is 0.0158. The van der Waals surface area contributed by atoms with E-state index in [1.165, 1.54) is 13.8 Å². The van der Waals surface area contributed by atoms with Gasteiger partial charge in [0.25, 0.3) is 0 Å². The molecule has 0 radical (unpaired) electrons. The molecule has 1 aliphatic heterocycles. The van der Waals surface area contributed by atoms with Crippen molar-refractivity contribution < 1.29 is 63.0 Å². The summed E-state index contributed by atoms with van der Waals surface area (Å²) in [5.74, 6) is -9.86. The lowest BCUT2D eigenvalue weighted by Crippen LogP contribution is -2.62. The second-order valence-electron chi connectivity index (χ2n) is 24.4. The Bertz CT molecular complexity index is 2460. The van der Waals surface area contributed by atoms with Gasteiger partial charge in [-0.1, -0.05) is 116 Å². The number of carbonyl (C=O) groups is 11. The molecule has 0 aliphatic carbocycles. The number of unbranched alkanes of at least 4 members (excludes halogenated alkanes) is 8. The molecule has 1 aromatic carbocycles. The third kappa shape index (κ3) is 32.2. The maximum absolute atomic E-state index is 14.7. The molecule has 1 aliphatic rings. The van der Waals surface area contributed by atoms with Crippen LogP contribution in [0.5, 0.6) is 0 Å². The fourth-order valence-corrected chi connectivity index (χ4v) is 10.3. The number of rotatable bonds is 37. The smallest absolute Gasteiger partial charge is 0.245 e. The number of carbonyl (C=O) groups excluding carboxylic acids is 11. The van der Waals surface area contributed by atoms with Gasteiger partial charge in [0.15, 0.2) is 0 Å². The van der Waals surface area contributed by atoms with E-state index in [4.69, 9.17) is 28.7 Å². The largest absolute Gasteiger partial charge is 0.391 e. The van der Waals surface area contributed by atoms with Crippen LogP contribution in [-0.2, 0) is 59.2 Å². The summed E-state index contributed by atoms with van der Waals surface area (Å²) in [7, 11) is 0. The number of aliphatic hydroxyl groups excluding tert-OH is 2. The zero-order chi connectivity index (χ0) is 69.4. The summed E-state index contributed by atoms with van der Waals surface area (Å²) in [6.45, 7) is 9.27. The molecular weight excluding hydrogens is 1200 g/mol. The second kappa shape index (κ2) is 46.2. The molecule has 93 heavy (non-hydrogen) atoms. The first-order valence-corrected chi connectivity index (χ1v) is 33.3. The number of amides is 11. The Morgan fingerprint density at radius 3 is 1.60 bits per heavy atom. The average Bonchev–Trinajstić information content (AvgIpc) is 1.24. The van der Waals surface area contributed by atoms with E-state index >= 15 is 0 Å². The van der Waals surface area contributed by atoms with Gasteiger partial charge in [-0.2, -0.15) is 0 Å². The molecule has 528 valence electrons. The zero-order valence-electron chi connectivity index (χ0n) is 55.6. The number of nitrogens with two attached hydrogens (primary N) is 5. The van der Waals surface area contributed by atoms with Crippen LogP contribution in [0.3, 0.4) is 0 Å². The van der Waals surface area contributed by atoms with Gasteiger partial charge in [0, 0.05) is 19.4 Å². The molecule has 0 spiro atoms. The molecule has 1 fully saturated rings. The lowest BCUT2D eigenvalue weighted by Gasteiger charge is -2.29. The van der Waals surface area contributed by atoms with Crippen LogP contribution in [-0.4, -0.2) is 193 Å². The van der Waals surface area contributed by atoms with E-state index in [1.807, 2.05) is 0 Å². The number of nitrogens with one attached hydrogen (secondary N) is 12. The van der Waals surface area contributed by atoms with Crippen LogP contribution in [0.2, 0.25) is 0 Å². The fraction of sp³-hybridized carbons (Fsp3) is 0.730. The Morgan fingerprint density at radius 2 is 1.05 bits per heavy atom. The fourth-order valence-electron chi connectivity index (χ4n) is 10.3. The summed E-state index contributed by atoms with van der Waals surface area (Å²) in [5, 5.41) is 53.6. The van der Waals surface area contributed by atoms with Gasteiger partial charge < -0.3 is 103 Å². The number of benzene rings is 1. The van der Waals surface area contributed by atoms with Crippen LogP contribution < -0.4 is 92.5 Å². The highest BCUT2D eigenvalue weighted by molar-refractivity contribution is 5.99. The van der Waals surface area contributed by atoms with Crippen LogP contribution in [0.15, 0.2) is 30.3 Å². The molecule has 0 aromatic heterocycles. The minimum atomic E-state index is -1.70. The van der Waals surface area contributed by atoms with E-state index in [1.54, 1.807) is 44.2 Å². The highest BCUT2D eigenvalue weighted by atomic mass is 16.3. The summed E-state index contributed by atoms with van der Waals surface area (Å²) in [6.07, 6.45) is 5.22. The summed E-state index contributed by atoms with van der Waals surface area (Å²) in [5.41, 5.74) is 30.7. The van der Waals surface area contributed by atoms with Gasteiger partial charge in [-0.3, -0.25) is 52.7 Å². The Hall–Kier alpha value is -6.93. The van der Waals surface area contributed by atoms with Crippen molar-refractivity contribution in [1.29, 1.82) is 0 Å². The van der Waals surface area contributed by atoms with Crippen molar-refractivity contribution in [2.45, 2.75) is 249 Å². The monoisotopic (exact) mass is 1320 g/mol. The topological polar surface area (TPSA) is 503 Å². The quantitative estimate of drug-likeness (QED) is 0.0230. The standard InChI is InChI=1S/C63H113N17O13/c1-7-9-11-13-18-22-50(68)69-34-28-47-59(89)79-52(39(5)81)62(92)70-35-29-46(74-55(85)45(27-33-67)76-63(93)53(40(6)82)80-58(88)42(24-30-64)71-51(83)23-19-14-12-10-8-2)57(87)72-44(26-32-66)56(86)78-49(37-41-20-16-15-17-21-41)61(91)77-48(36-38(3)4)60(90)73-43(25-31-65)54(84)75-47/h15-17,20-21,38-40,42-50,52-53,69,81-82H,7-14,18-19,22-37,64-68H2,1-6H3,(H,70,92)(H,71,83)(H,72,87)(H,73,90)(H,74,85)(H,75,84)(H,76,93)(H,77,91)(H,78,86)(H,79,89)(H,80,88)/t39-,40-,42+,43+,44+,45+,46+,47+,48+,49-,50?,52+,53+/m1/s1. The van der Waals surface area contributed by atoms with E-state index < -0.39 is 157 Å². The van der Waals surface area contributed by atoms with Gasteiger partial charge in [-0.15, -0.1) is 0 Å². The first-order chi connectivity index (χ1) is 44.3. The Labute approximate surface area is 548 Å². The van der Waals surface area contributed by atoms with Crippen molar-refractivity contribution in [2.24, 2.45) is 34.6 Å². The van der Waals surface area contributed by atoms with E-state index in [9.17, 15) is 63.0 Å². The first kappa shape index (κ1) is 82.2. The molecular formula is C63H113N17O13. The van der Waals surface area contributed by atoms with Crippen LogP contribution in [0.25, 0.3) is 0 Å². The van der Waals surface area contributed by atoms with Crippen molar-refractivity contribution in [1.82, 2.24) is 63.8 Å². The van der Waals surface area contributed by atoms with Crippen molar-refractivity contribution in [3.05, 3.63) is 35.9 Å². The normalized spacial score (nSPS) is 22.0. The molecule has 11 amide bonds. The maximum atomic E-state index is 14.7. The van der Waals surface area contributed by atoms with Crippen LogP contribution >= 0.6 is 0 Å². The molecule has 24 N–H and O–H groups in total. The van der Waals surface area contributed by atoms with E-state index in [0.717, 1.165) is 57.8 Å². The van der Waals surface area contributed by atoms with Gasteiger partial charge in [0.2, 0.25) is 65.0 Å². The lowest BCUT2D eigenvalue weighted by atomic mass is 10.00. The van der Waals surface area contributed by atoms with Gasteiger partial charge >= 0.3 is 0 Å². The maximum Gasteiger partial charge on any atom is 0.245 e. The van der Waals surface area contributed by atoms with Gasteiger partial charge in [0.05, 0.1) is 18.4 Å². The van der Waals surface area contributed by atoms with Gasteiger partial charge in [0.1, 0.15) is 60.4 Å². The highest BCUT2D eigenvalue weighted by Crippen LogP contribution is 2.13. The molecule has 30 nitrogen and oxygen atoms in total. The molecule has 1 heterocycles. The predicted octanol–water partition coefficient (Wildman–Crippen LogP) is -3.21. The molecule has 30 heteroatoms. The molecule has 1 saturated heterocycles. The Morgan fingerprint density at radius 1 is 0.548 bits per heavy atom. The molecule has 13 atom stereocenters. The Kier molecular flexibility index (Phi) is 40.8. The van der Waals surface area contributed by atoms with Gasteiger partial charge in [-0.05, 0) is 116 Å². The SMILES string of the molecule is CCCCCCCC(=O)N[C@@H](CCN)C(=O)N[C@H](C(=O)N[C@@H](CCN)C(=O)N[C@H]1CCNC(=O)[C@H]([C@@H](C)O)NC(=O)[C@H](CCNC(N)CCCCCCC)NC(=O)[C@H](CCN)NC(=O)[C@H](CC(C)C)NC(=O)[C@@H](Cc2ccccc2)NC(=O)[C@H](CCN)NC1=O)[C@@H](C)O. The zero-order valence-corrected chi connectivity index (χ0v) is 55.6. The number of aliphatic hydroxyl groups is 2. The number of hydrogen-bond acceptors (Lipinski definition) is 19. The van der Waals surface area contributed by atoms with Crippen molar-refractivity contribution in [3.63, 3.8) is 0 Å². The predicted molar refractivity (Wildman–Crippen MR) is 352 cm³/mol. The Balaban J connectivity index is 2.74. The van der Waals surface area contributed by atoms with E-state index in [0.29, 0.717) is 18.4 Å². The van der Waals surface area contributed by atoms with Crippen molar-refractivity contribution >= 4 is 65.0 Å². The first-order valence-electron chi connectivity index (χ1n) is 33.3. The molecule has 0 saturated carbocycles. The van der Waals surface area contributed by atoms with Crippen molar-refractivity contribution in [3.8, 4) is 0 Å². The number of hydrogen-bond donors (Lipinski definition) is 19. The third-order valence-corrected chi connectivity index (χ3v) is 15.7. The molecule has 1 aromatic rings. The average molecular weight is 1320 g/mol. The minimum Gasteiger partial charge on any atom is -0.391 e. The van der Waals surface area contributed by atoms with Crippen LogP contribution in [0.1, 0.15) is 169 Å². The molecule has 1 unspecified atom stereocenters. The third-order valence-electron chi connectivity index (χ3n) is 15.7. The van der Waals surface area contributed by atoms with Crippen LogP contribution in [0.4, 0.5) is 0 Å². The van der Waals surface area contributed by atoms with Crippen molar-refractivity contribution in [2.75, 3.05) is 39.3 Å². The summed E-state index contributed by atoms with van der Waals surface area (Å²) in [4.78, 5) is 156. The van der Waals surface area contributed by atoms with Crippen LogP contribution in [0, 0.1) is 5.92 Å². The lowest BCUT2D eigenvalue weighted by molar-refractivity contribution is -0.137. The molecule has 2 rings (SSSR count). The van der Waals surface area contributed by atoms with Gasteiger partial charge in [-0.25, -0.2) is 0 Å². The summed E-state index contributed by atoms with van der Waals surface area (Å²) < 4.78 is 0. The van der Waals surface area contributed by atoms with E-state index in [2.05, 4.69) is 77.6 Å². The van der Waals surface area contributed by atoms with E-state index in [-0.39, 0.29) is 90.0 Å². The summed E-state index contributed by atoms with van der Waals surface area (Å²) >= 11 is 0. The highest BCUT2D eigenvalue weighted by Gasteiger charge is 2.38. The summed E-state index contributed by atoms with van der Waals surface area (Å²) in [6, 6.07) is -6.25.